The summed E-state index contributed by atoms with van der Waals surface area (Å²) in [6, 6.07) is 7.53. The third kappa shape index (κ3) is 4.27. The van der Waals surface area contributed by atoms with Crippen LogP contribution in [0.4, 0.5) is 10.1 Å². The number of likely N-dealkylation sites (N-methyl/N-ethyl adjacent to an activating group) is 1. The predicted molar refractivity (Wildman–Crippen MR) is 85.6 cm³/mol. The third-order valence-electron chi connectivity index (χ3n) is 3.12. The molecule has 1 aromatic heterocycles. The molecule has 2 rings (SSSR count). The van der Waals surface area contributed by atoms with Crippen molar-refractivity contribution >= 4 is 21.6 Å². The van der Waals surface area contributed by atoms with Gasteiger partial charge in [-0.1, -0.05) is 0 Å². The number of benzene rings is 1. The molecule has 0 aliphatic carbocycles. The van der Waals surface area contributed by atoms with Crippen LogP contribution in [0.15, 0.2) is 47.5 Å². The van der Waals surface area contributed by atoms with Crippen molar-refractivity contribution in [3.05, 3.63) is 48.4 Å². The molecule has 0 atom stereocenters. The van der Waals surface area contributed by atoms with Crippen molar-refractivity contribution in [1.29, 1.82) is 0 Å². The molecule has 0 saturated carbocycles. The number of halogens is 1. The quantitative estimate of drug-likeness (QED) is 0.850. The summed E-state index contributed by atoms with van der Waals surface area (Å²) in [6.45, 7) is -0.397. The zero-order valence-electron chi connectivity index (χ0n) is 13.1. The Bertz CT molecular complexity index is 808. The summed E-state index contributed by atoms with van der Waals surface area (Å²) in [5.41, 5.74) is 0.411. The second-order valence-electron chi connectivity index (χ2n) is 4.85. The minimum absolute atomic E-state index is 0.0923. The number of carbonyl (C=O) groups excluding carboxylic acids is 1. The molecular formula is C15H16FN3O4S. The van der Waals surface area contributed by atoms with Crippen LogP contribution < -0.4 is 10.1 Å². The number of hydrogen-bond acceptors (Lipinski definition) is 5. The van der Waals surface area contributed by atoms with E-state index in [0.717, 1.165) is 28.6 Å². The van der Waals surface area contributed by atoms with Gasteiger partial charge in [0.2, 0.25) is 21.8 Å². The Morgan fingerprint density at radius 2 is 1.92 bits per heavy atom. The highest BCUT2D eigenvalue weighted by molar-refractivity contribution is 7.89. The molecule has 0 spiro atoms. The lowest BCUT2D eigenvalue weighted by atomic mass is 10.4. The molecule has 1 amide bonds. The number of ether oxygens (including phenoxy) is 1. The van der Waals surface area contributed by atoms with Crippen LogP contribution in [0.3, 0.4) is 0 Å². The first-order valence-electron chi connectivity index (χ1n) is 6.85. The van der Waals surface area contributed by atoms with Crippen LogP contribution in [0.5, 0.6) is 5.88 Å². The number of rotatable bonds is 6. The van der Waals surface area contributed by atoms with Crippen LogP contribution in [0, 0.1) is 5.82 Å². The van der Waals surface area contributed by atoms with Crippen LogP contribution >= 0.6 is 0 Å². The van der Waals surface area contributed by atoms with Gasteiger partial charge in [-0.3, -0.25) is 4.79 Å². The van der Waals surface area contributed by atoms with Crippen LogP contribution in [0.25, 0.3) is 0 Å². The Hall–Kier alpha value is -2.52. The van der Waals surface area contributed by atoms with Crippen LogP contribution in [-0.2, 0) is 14.8 Å². The van der Waals surface area contributed by atoms with Gasteiger partial charge in [-0.2, -0.15) is 4.31 Å². The topological polar surface area (TPSA) is 88.6 Å². The molecule has 128 valence electrons. The SMILES string of the molecule is COc1ccc(NC(=O)CN(C)S(=O)(=O)c2ccc(F)cc2)cn1. The molecule has 0 bridgehead atoms. The van der Waals surface area contributed by atoms with E-state index in [4.69, 9.17) is 4.74 Å². The lowest BCUT2D eigenvalue weighted by molar-refractivity contribution is -0.116. The number of pyridine rings is 1. The standard InChI is InChI=1S/C15H16FN3O4S/c1-19(24(21,22)13-6-3-11(16)4-7-13)10-14(20)18-12-5-8-15(23-2)17-9-12/h3-9H,10H2,1-2H3,(H,18,20). The molecule has 9 heteroatoms. The minimum atomic E-state index is -3.88. The maximum absolute atomic E-state index is 12.9. The summed E-state index contributed by atoms with van der Waals surface area (Å²) in [5, 5.41) is 2.53. The lowest BCUT2D eigenvalue weighted by Gasteiger charge is -2.16. The Morgan fingerprint density at radius 1 is 1.25 bits per heavy atom. The van der Waals surface area contributed by atoms with Crippen molar-refractivity contribution in [3.63, 3.8) is 0 Å². The molecule has 0 saturated heterocycles. The van der Waals surface area contributed by atoms with E-state index in [2.05, 4.69) is 10.3 Å². The van der Waals surface area contributed by atoms with Gasteiger partial charge in [0.05, 0.1) is 30.4 Å². The minimum Gasteiger partial charge on any atom is -0.481 e. The van der Waals surface area contributed by atoms with E-state index in [1.165, 1.54) is 20.4 Å². The van der Waals surface area contributed by atoms with Crippen molar-refractivity contribution in [3.8, 4) is 5.88 Å². The number of aromatic nitrogens is 1. The summed E-state index contributed by atoms with van der Waals surface area (Å²) in [5.74, 6) is -0.680. The van der Waals surface area contributed by atoms with Gasteiger partial charge < -0.3 is 10.1 Å². The Morgan fingerprint density at radius 3 is 2.46 bits per heavy atom. The number of nitrogens with one attached hydrogen (secondary N) is 1. The largest absolute Gasteiger partial charge is 0.481 e. The number of sulfonamides is 1. The van der Waals surface area contributed by atoms with Gasteiger partial charge in [-0.25, -0.2) is 17.8 Å². The number of carbonyl (C=O) groups is 1. The monoisotopic (exact) mass is 353 g/mol. The zero-order chi connectivity index (χ0) is 17.7. The van der Waals surface area contributed by atoms with E-state index >= 15 is 0 Å². The highest BCUT2D eigenvalue weighted by atomic mass is 32.2. The number of methoxy groups -OCH3 is 1. The van der Waals surface area contributed by atoms with E-state index in [1.807, 2.05) is 0 Å². The van der Waals surface area contributed by atoms with Crippen molar-refractivity contribution in [1.82, 2.24) is 9.29 Å². The number of anilines is 1. The molecular weight excluding hydrogens is 337 g/mol. The maximum Gasteiger partial charge on any atom is 0.243 e. The molecule has 0 radical (unpaired) electrons. The third-order valence-corrected chi connectivity index (χ3v) is 4.93. The summed E-state index contributed by atoms with van der Waals surface area (Å²) >= 11 is 0. The molecule has 0 fully saturated rings. The van der Waals surface area contributed by atoms with Crippen molar-refractivity contribution < 1.29 is 22.3 Å². The molecule has 0 aliphatic heterocycles. The Balaban J connectivity index is 2.03. The van der Waals surface area contributed by atoms with Gasteiger partial charge in [0, 0.05) is 13.1 Å². The van der Waals surface area contributed by atoms with Gasteiger partial charge in [0.1, 0.15) is 5.82 Å². The maximum atomic E-state index is 12.9. The second kappa shape index (κ2) is 7.37. The molecule has 1 aromatic carbocycles. The smallest absolute Gasteiger partial charge is 0.243 e. The van der Waals surface area contributed by atoms with Crippen LogP contribution in [-0.4, -0.2) is 44.3 Å². The fourth-order valence-corrected chi connectivity index (χ4v) is 2.98. The Kier molecular flexibility index (Phi) is 5.47. The molecule has 2 aromatic rings. The zero-order valence-corrected chi connectivity index (χ0v) is 13.9. The van der Waals surface area contributed by atoms with Gasteiger partial charge in [0.25, 0.3) is 0 Å². The van der Waals surface area contributed by atoms with Crippen molar-refractivity contribution in [2.75, 3.05) is 26.0 Å². The highest BCUT2D eigenvalue weighted by Gasteiger charge is 2.23. The molecule has 0 unspecified atom stereocenters. The molecule has 1 N–H and O–H groups in total. The average molecular weight is 353 g/mol. The number of amides is 1. The summed E-state index contributed by atoms with van der Waals surface area (Å²) < 4.78 is 43.3. The van der Waals surface area contributed by atoms with Crippen molar-refractivity contribution in [2.24, 2.45) is 0 Å². The average Bonchev–Trinajstić information content (AvgIpc) is 2.55. The second-order valence-corrected chi connectivity index (χ2v) is 6.90. The van der Waals surface area contributed by atoms with Gasteiger partial charge in [-0.15, -0.1) is 0 Å². The lowest BCUT2D eigenvalue weighted by Crippen LogP contribution is -2.35. The first-order valence-corrected chi connectivity index (χ1v) is 8.29. The Labute approximate surface area is 139 Å². The summed E-state index contributed by atoms with van der Waals surface area (Å²) in [6.07, 6.45) is 1.39. The van der Waals surface area contributed by atoms with E-state index in [0.29, 0.717) is 11.6 Å². The molecule has 1 heterocycles. The van der Waals surface area contributed by atoms with E-state index in [-0.39, 0.29) is 4.90 Å². The number of nitrogens with zero attached hydrogens (tertiary/aromatic N) is 2. The predicted octanol–water partition coefficient (Wildman–Crippen LogP) is 1.49. The van der Waals surface area contributed by atoms with Gasteiger partial charge >= 0.3 is 0 Å². The van der Waals surface area contributed by atoms with E-state index in [1.54, 1.807) is 12.1 Å². The number of hydrogen-bond donors (Lipinski definition) is 1. The first kappa shape index (κ1) is 17.8. The van der Waals surface area contributed by atoms with Crippen LogP contribution in [0.2, 0.25) is 0 Å². The molecule has 7 nitrogen and oxygen atoms in total. The summed E-state index contributed by atoms with van der Waals surface area (Å²) in [7, 11) is -1.15. The molecule has 24 heavy (non-hydrogen) atoms. The molecule has 0 aliphatic rings. The van der Waals surface area contributed by atoms with E-state index in [9.17, 15) is 17.6 Å². The van der Waals surface area contributed by atoms with Gasteiger partial charge in [-0.05, 0) is 30.3 Å². The fourth-order valence-electron chi connectivity index (χ4n) is 1.85. The summed E-state index contributed by atoms with van der Waals surface area (Å²) in [4.78, 5) is 15.8. The van der Waals surface area contributed by atoms with Crippen molar-refractivity contribution in [2.45, 2.75) is 4.90 Å². The normalized spacial score (nSPS) is 11.3. The highest BCUT2D eigenvalue weighted by Crippen LogP contribution is 2.15. The van der Waals surface area contributed by atoms with E-state index < -0.39 is 28.3 Å². The van der Waals surface area contributed by atoms with Gasteiger partial charge in [0.15, 0.2) is 0 Å². The first-order chi connectivity index (χ1) is 11.3. The van der Waals surface area contributed by atoms with Crippen LogP contribution in [0.1, 0.15) is 0 Å². The fraction of sp³-hybridized carbons (Fsp3) is 0.200.